The van der Waals surface area contributed by atoms with E-state index < -0.39 is 0 Å². The van der Waals surface area contributed by atoms with Crippen LogP contribution in [0.5, 0.6) is 0 Å². The first kappa shape index (κ1) is 15.2. The molecule has 124 valence electrons. The number of para-hydroxylation sites is 1. The van der Waals surface area contributed by atoms with Gasteiger partial charge in [0.15, 0.2) is 0 Å². The van der Waals surface area contributed by atoms with Gasteiger partial charge in [-0.2, -0.15) is 0 Å². The Morgan fingerprint density at radius 3 is 2.15 bits per heavy atom. The molecule has 0 atom stereocenters. The highest BCUT2D eigenvalue weighted by Crippen LogP contribution is 2.43. The largest absolute Gasteiger partial charge is 0.456 e. The lowest BCUT2D eigenvalue weighted by Crippen LogP contribution is -1.87. The lowest BCUT2D eigenvalue weighted by molar-refractivity contribution is 0.669. The van der Waals surface area contributed by atoms with Gasteiger partial charge >= 0.3 is 0 Å². The van der Waals surface area contributed by atoms with Crippen molar-refractivity contribution in [3.8, 4) is 22.3 Å². The average Bonchev–Trinajstić information content (AvgIpc) is 3.07. The fourth-order valence-corrected chi connectivity index (χ4v) is 3.92. The van der Waals surface area contributed by atoms with Crippen LogP contribution in [0.4, 0.5) is 0 Å². The van der Waals surface area contributed by atoms with Gasteiger partial charge < -0.3 is 4.42 Å². The van der Waals surface area contributed by atoms with Crippen molar-refractivity contribution in [3.63, 3.8) is 0 Å². The quantitative estimate of drug-likeness (QED) is 0.318. The van der Waals surface area contributed by atoms with Crippen molar-refractivity contribution in [2.45, 2.75) is 0 Å². The topological polar surface area (TPSA) is 13.1 Å². The highest BCUT2D eigenvalue weighted by Gasteiger charge is 2.17. The van der Waals surface area contributed by atoms with Crippen LogP contribution in [0.2, 0.25) is 5.02 Å². The third kappa shape index (κ3) is 2.33. The molecule has 1 nitrogen and oxygen atoms in total. The van der Waals surface area contributed by atoms with Crippen LogP contribution in [0, 0.1) is 0 Å². The number of hydrogen-bond acceptors (Lipinski definition) is 1. The average molecular weight is 355 g/mol. The molecule has 4 aromatic carbocycles. The molecule has 0 fully saturated rings. The second kappa shape index (κ2) is 6.05. The summed E-state index contributed by atoms with van der Waals surface area (Å²) in [6.07, 6.45) is 0. The normalized spacial score (nSPS) is 11.3. The number of benzene rings is 4. The van der Waals surface area contributed by atoms with Gasteiger partial charge in [-0.1, -0.05) is 84.4 Å². The molecule has 0 saturated heterocycles. The van der Waals surface area contributed by atoms with Crippen LogP contribution >= 0.6 is 11.6 Å². The van der Waals surface area contributed by atoms with Crippen LogP contribution in [-0.2, 0) is 0 Å². The van der Waals surface area contributed by atoms with Gasteiger partial charge in [0, 0.05) is 21.4 Å². The Balaban J connectivity index is 1.90. The molecule has 0 aliphatic rings. The molecule has 2 heteroatoms. The van der Waals surface area contributed by atoms with E-state index >= 15 is 0 Å². The summed E-state index contributed by atoms with van der Waals surface area (Å²) in [6.45, 7) is 0. The fourth-order valence-electron chi connectivity index (χ4n) is 3.64. The van der Waals surface area contributed by atoms with Crippen LogP contribution in [0.15, 0.2) is 95.4 Å². The van der Waals surface area contributed by atoms with E-state index in [1.165, 1.54) is 0 Å². The summed E-state index contributed by atoms with van der Waals surface area (Å²) in [6, 6.07) is 30.7. The molecule has 0 saturated carbocycles. The van der Waals surface area contributed by atoms with E-state index in [-0.39, 0.29) is 0 Å². The zero-order valence-electron chi connectivity index (χ0n) is 13.9. The lowest BCUT2D eigenvalue weighted by atomic mass is 9.92. The number of furan rings is 1. The standard InChI is InChI=1S/C24H15ClO/c25-20-13-6-11-17(16-8-2-1-3-9-16)23(20)19-12-7-15-22-24(19)18-10-4-5-14-21(18)26-22/h1-15H. The summed E-state index contributed by atoms with van der Waals surface area (Å²) < 4.78 is 6.06. The van der Waals surface area contributed by atoms with Gasteiger partial charge in [-0.25, -0.2) is 0 Å². The Morgan fingerprint density at radius 1 is 0.577 bits per heavy atom. The Labute approximate surface area is 156 Å². The minimum absolute atomic E-state index is 0.740. The van der Waals surface area contributed by atoms with Crippen LogP contribution in [0.25, 0.3) is 44.2 Å². The summed E-state index contributed by atoms with van der Waals surface area (Å²) in [7, 11) is 0. The SMILES string of the molecule is Clc1cccc(-c2ccccc2)c1-c1cccc2oc3ccccc3c12. The van der Waals surface area contributed by atoms with E-state index in [0.717, 1.165) is 49.2 Å². The van der Waals surface area contributed by atoms with E-state index in [0.29, 0.717) is 0 Å². The fraction of sp³-hybridized carbons (Fsp3) is 0. The van der Waals surface area contributed by atoms with Crippen LogP contribution in [-0.4, -0.2) is 0 Å². The Kier molecular flexibility index (Phi) is 3.55. The van der Waals surface area contributed by atoms with Gasteiger partial charge in [0.2, 0.25) is 0 Å². The maximum absolute atomic E-state index is 6.70. The second-order valence-corrected chi connectivity index (χ2v) is 6.71. The van der Waals surface area contributed by atoms with Gasteiger partial charge in [0.05, 0.1) is 0 Å². The van der Waals surface area contributed by atoms with Crippen LogP contribution in [0.1, 0.15) is 0 Å². The van der Waals surface area contributed by atoms with E-state index in [1.54, 1.807) is 0 Å². The van der Waals surface area contributed by atoms with Gasteiger partial charge in [-0.05, 0) is 34.9 Å². The second-order valence-electron chi connectivity index (χ2n) is 6.31. The van der Waals surface area contributed by atoms with Crippen molar-refractivity contribution in [2.24, 2.45) is 0 Å². The van der Waals surface area contributed by atoms with Crippen molar-refractivity contribution in [3.05, 3.63) is 96.0 Å². The van der Waals surface area contributed by atoms with E-state index in [2.05, 4.69) is 30.3 Å². The number of hydrogen-bond donors (Lipinski definition) is 0. The summed E-state index contributed by atoms with van der Waals surface area (Å²) in [5.74, 6) is 0. The number of rotatable bonds is 2. The smallest absolute Gasteiger partial charge is 0.136 e. The van der Waals surface area contributed by atoms with E-state index in [4.69, 9.17) is 16.0 Å². The number of fused-ring (bicyclic) bond motifs is 3. The Bertz CT molecular complexity index is 1240. The zero-order chi connectivity index (χ0) is 17.5. The van der Waals surface area contributed by atoms with Crippen molar-refractivity contribution < 1.29 is 4.42 Å². The van der Waals surface area contributed by atoms with Gasteiger partial charge in [-0.15, -0.1) is 0 Å². The first-order chi connectivity index (χ1) is 12.8. The molecule has 26 heavy (non-hydrogen) atoms. The summed E-state index contributed by atoms with van der Waals surface area (Å²) in [5, 5.41) is 2.95. The summed E-state index contributed by atoms with van der Waals surface area (Å²) in [4.78, 5) is 0. The van der Waals surface area contributed by atoms with Gasteiger partial charge in [-0.3, -0.25) is 0 Å². The molecule has 5 rings (SSSR count). The highest BCUT2D eigenvalue weighted by atomic mass is 35.5. The third-order valence-corrected chi connectivity index (χ3v) is 5.09. The first-order valence-electron chi connectivity index (χ1n) is 8.57. The molecular formula is C24H15ClO. The third-order valence-electron chi connectivity index (χ3n) is 4.77. The van der Waals surface area contributed by atoms with E-state index in [1.807, 2.05) is 60.7 Å². The predicted molar refractivity (Wildman–Crippen MR) is 110 cm³/mol. The molecule has 0 aliphatic carbocycles. The minimum Gasteiger partial charge on any atom is -0.456 e. The Hall–Kier alpha value is -3.03. The Morgan fingerprint density at radius 2 is 1.27 bits per heavy atom. The zero-order valence-corrected chi connectivity index (χ0v) is 14.7. The first-order valence-corrected chi connectivity index (χ1v) is 8.95. The molecule has 0 spiro atoms. The molecule has 0 unspecified atom stereocenters. The molecule has 0 radical (unpaired) electrons. The summed E-state index contributed by atoms with van der Waals surface area (Å²) in [5.41, 5.74) is 6.17. The predicted octanol–water partition coefficient (Wildman–Crippen LogP) is 7.57. The molecule has 0 aliphatic heterocycles. The van der Waals surface area contributed by atoms with Gasteiger partial charge in [0.25, 0.3) is 0 Å². The van der Waals surface area contributed by atoms with Crippen molar-refractivity contribution in [1.82, 2.24) is 0 Å². The molecule has 1 aromatic heterocycles. The van der Waals surface area contributed by atoms with E-state index in [9.17, 15) is 0 Å². The van der Waals surface area contributed by atoms with Crippen LogP contribution < -0.4 is 0 Å². The van der Waals surface area contributed by atoms with Gasteiger partial charge in [0.1, 0.15) is 11.2 Å². The molecule has 0 amide bonds. The molecular weight excluding hydrogens is 340 g/mol. The molecule has 0 N–H and O–H groups in total. The van der Waals surface area contributed by atoms with Crippen molar-refractivity contribution in [2.75, 3.05) is 0 Å². The molecule has 5 aromatic rings. The highest BCUT2D eigenvalue weighted by molar-refractivity contribution is 6.35. The maximum atomic E-state index is 6.70. The monoisotopic (exact) mass is 354 g/mol. The maximum Gasteiger partial charge on any atom is 0.136 e. The minimum atomic E-state index is 0.740. The number of halogens is 1. The summed E-state index contributed by atoms with van der Waals surface area (Å²) >= 11 is 6.70. The van der Waals surface area contributed by atoms with Crippen molar-refractivity contribution >= 4 is 33.5 Å². The lowest BCUT2D eigenvalue weighted by Gasteiger charge is -2.13. The molecule has 0 bridgehead atoms. The van der Waals surface area contributed by atoms with Crippen molar-refractivity contribution in [1.29, 1.82) is 0 Å². The molecule has 1 heterocycles. The van der Waals surface area contributed by atoms with Crippen LogP contribution in [0.3, 0.4) is 0 Å².